The van der Waals surface area contributed by atoms with E-state index in [0.29, 0.717) is 6.04 Å². The van der Waals surface area contributed by atoms with Gasteiger partial charge in [0.15, 0.2) is 0 Å². The first-order valence-electron chi connectivity index (χ1n) is 6.35. The van der Waals surface area contributed by atoms with Gasteiger partial charge in [-0.1, -0.05) is 19.3 Å². The van der Waals surface area contributed by atoms with E-state index in [-0.39, 0.29) is 0 Å². The molecule has 0 aliphatic heterocycles. The van der Waals surface area contributed by atoms with Crippen LogP contribution in [0, 0.1) is 24.2 Å². The van der Waals surface area contributed by atoms with E-state index < -0.39 is 0 Å². The van der Waals surface area contributed by atoms with Crippen LogP contribution in [0.2, 0.25) is 0 Å². The van der Waals surface area contributed by atoms with E-state index >= 15 is 0 Å². The highest BCUT2D eigenvalue weighted by molar-refractivity contribution is 7.10. The Balaban J connectivity index is 2.02. The summed E-state index contributed by atoms with van der Waals surface area (Å²) >= 11 is 1.41. The lowest BCUT2D eigenvalue weighted by Gasteiger charge is -2.28. The maximum atomic E-state index is 9.09. The zero-order valence-corrected chi connectivity index (χ0v) is 11.3. The topological polar surface area (TPSA) is 48.7 Å². The van der Waals surface area contributed by atoms with Crippen LogP contribution in [0.1, 0.15) is 50.3 Å². The molecule has 17 heavy (non-hydrogen) atoms. The summed E-state index contributed by atoms with van der Waals surface area (Å²) in [5, 5.41) is 13.5. The highest BCUT2D eigenvalue weighted by Gasteiger charge is 2.21. The van der Waals surface area contributed by atoms with Crippen molar-refractivity contribution in [1.82, 2.24) is 4.37 Å². The van der Waals surface area contributed by atoms with Crippen LogP contribution in [0.3, 0.4) is 0 Å². The van der Waals surface area contributed by atoms with Gasteiger partial charge in [0.05, 0.1) is 5.69 Å². The summed E-state index contributed by atoms with van der Waals surface area (Å²) in [5.74, 6) is 0.748. The minimum atomic E-state index is 0.447. The van der Waals surface area contributed by atoms with Gasteiger partial charge in [-0.25, -0.2) is 0 Å². The first kappa shape index (κ1) is 12.4. The van der Waals surface area contributed by atoms with E-state index in [4.69, 9.17) is 5.26 Å². The Morgan fingerprint density at radius 3 is 2.76 bits per heavy atom. The minimum absolute atomic E-state index is 0.447. The lowest BCUT2D eigenvalue weighted by Crippen LogP contribution is -2.27. The van der Waals surface area contributed by atoms with Crippen LogP contribution in [0.4, 0.5) is 5.00 Å². The first-order valence-corrected chi connectivity index (χ1v) is 7.12. The summed E-state index contributed by atoms with van der Waals surface area (Å²) in [6, 6.07) is 2.68. The van der Waals surface area contributed by atoms with Crippen LogP contribution in [0.25, 0.3) is 0 Å². The zero-order valence-electron chi connectivity index (χ0n) is 10.5. The Kier molecular flexibility index (Phi) is 4.01. The van der Waals surface area contributed by atoms with Crippen LogP contribution >= 0.6 is 11.5 Å². The number of aryl methyl sites for hydroxylation is 1. The van der Waals surface area contributed by atoms with Gasteiger partial charge in [-0.05, 0) is 44.1 Å². The Morgan fingerprint density at radius 1 is 1.41 bits per heavy atom. The summed E-state index contributed by atoms with van der Waals surface area (Å²) in [6.45, 7) is 4.12. The minimum Gasteiger partial charge on any atom is -0.372 e. The van der Waals surface area contributed by atoms with Crippen molar-refractivity contribution >= 4 is 16.5 Å². The van der Waals surface area contributed by atoms with Gasteiger partial charge in [0.2, 0.25) is 0 Å². The molecular weight excluding hydrogens is 230 g/mol. The van der Waals surface area contributed by atoms with E-state index in [1.54, 1.807) is 0 Å². The molecule has 1 aliphatic carbocycles. The predicted octanol–water partition coefficient (Wildman–Crippen LogP) is 3.70. The summed E-state index contributed by atoms with van der Waals surface area (Å²) in [7, 11) is 0. The molecule has 1 unspecified atom stereocenters. The predicted molar refractivity (Wildman–Crippen MR) is 71.2 cm³/mol. The normalized spacial score (nSPS) is 18.6. The smallest absolute Gasteiger partial charge is 0.127 e. The van der Waals surface area contributed by atoms with E-state index in [0.717, 1.165) is 22.2 Å². The van der Waals surface area contributed by atoms with E-state index in [2.05, 4.69) is 22.7 Å². The van der Waals surface area contributed by atoms with Crippen molar-refractivity contribution < 1.29 is 0 Å². The molecule has 1 N–H and O–H groups in total. The van der Waals surface area contributed by atoms with Crippen LogP contribution in [-0.4, -0.2) is 10.4 Å². The van der Waals surface area contributed by atoms with Crippen molar-refractivity contribution in [3.05, 3.63) is 11.3 Å². The average Bonchev–Trinajstić information content (AvgIpc) is 2.71. The Hall–Kier alpha value is -1.08. The molecule has 1 atom stereocenters. The second-order valence-electron chi connectivity index (χ2n) is 4.92. The lowest BCUT2D eigenvalue weighted by molar-refractivity contribution is 0.328. The van der Waals surface area contributed by atoms with Crippen LogP contribution in [0.15, 0.2) is 0 Å². The highest BCUT2D eigenvalue weighted by Crippen LogP contribution is 2.30. The molecule has 3 nitrogen and oxygen atoms in total. The molecule has 1 saturated carbocycles. The number of nitrogens with zero attached hydrogens (tertiary/aromatic N) is 2. The summed E-state index contributed by atoms with van der Waals surface area (Å²) in [5.41, 5.74) is 1.56. The van der Waals surface area contributed by atoms with Crippen molar-refractivity contribution in [3.63, 3.8) is 0 Å². The lowest BCUT2D eigenvalue weighted by atomic mass is 9.84. The quantitative estimate of drug-likeness (QED) is 0.888. The summed E-state index contributed by atoms with van der Waals surface area (Å²) < 4.78 is 4.24. The molecule has 0 bridgehead atoms. The average molecular weight is 249 g/mol. The van der Waals surface area contributed by atoms with Crippen molar-refractivity contribution in [2.45, 2.75) is 52.0 Å². The van der Waals surface area contributed by atoms with Crippen molar-refractivity contribution in [3.8, 4) is 6.07 Å². The number of hydrogen-bond donors (Lipinski definition) is 1. The molecule has 0 amide bonds. The Labute approximate surface area is 107 Å². The second-order valence-corrected chi connectivity index (χ2v) is 5.69. The zero-order chi connectivity index (χ0) is 12.3. The highest BCUT2D eigenvalue weighted by atomic mass is 32.1. The van der Waals surface area contributed by atoms with Gasteiger partial charge in [-0.3, -0.25) is 0 Å². The molecule has 0 aromatic carbocycles. The number of hydrogen-bond acceptors (Lipinski definition) is 4. The number of nitrogens with one attached hydrogen (secondary N) is 1. The van der Waals surface area contributed by atoms with Gasteiger partial charge < -0.3 is 5.32 Å². The number of anilines is 1. The van der Waals surface area contributed by atoms with E-state index in [9.17, 15) is 0 Å². The molecule has 1 aliphatic rings. The van der Waals surface area contributed by atoms with Gasteiger partial charge in [0, 0.05) is 6.04 Å². The fourth-order valence-electron chi connectivity index (χ4n) is 2.56. The molecule has 0 saturated heterocycles. The molecule has 92 valence electrons. The van der Waals surface area contributed by atoms with Gasteiger partial charge in [-0.2, -0.15) is 9.64 Å². The standard InChI is InChI=1S/C13H19N3S/c1-9(11-6-4-3-5-7-11)15-13-12(8-14)10(2)16-17-13/h9,11,15H,3-7H2,1-2H3. The third kappa shape index (κ3) is 2.78. The maximum Gasteiger partial charge on any atom is 0.127 e. The Morgan fingerprint density at radius 2 is 2.12 bits per heavy atom. The largest absolute Gasteiger partial charge is 0.372 e. The van der Waals surface area contributed by atoms with Crippen LogP contribution < -0.4 is 5.32 Å². The molecule has 1 heterocycles. The Bertz CT molecular complexity index is 413. The summed E-state index contributed by atoms with van der Waals surface area (Å²) in [4.78, 5) is 0. The van der Waals surface area contributed by atoms with Gasteiger partial charge >= 0.3 is 0 Å². The van der Waals surface area contributed by atoms with Crippen molar-refractivity contribution in [2.24, 2.45) is 5.92 Å². The van der Waals surface area contributed by atoms with Crippen LogP contribution in [-0.2, 0) is 0 Å². The molecule has 1 aromatic heterocycles. The number of aromatic nitrogens is 1. The van der Waals surface area contributed by atoms with Gasteiger partial charge in [0.25, 0.3) is 0 Å². The van der Waals surface area contributed by atoms with Crippen molar-refractivity contribution in [1.29, 1.82) is 5.26 Å². The number of nitriles is 1. The van der Waals surface area contributed by atoms with Crippen molar-refractivity contribution in [2.75, 3.05) is 5.32 Å². The third-order valence-electron chi connectivity index (χ3n) is 3.69. The molecule has 0 radical (unpaired) electrons. The maximum absolute atomic E-state index is 9.09. The van der Waals surface area contributed by atoms with Crippen LogP contribution in [0.5, 0.6) is 0 Å². The second kappa shape index (κ2) is 5.50. The summed E-state index contributed by atoms with van der Waals surface area (Å²) in [6.07, 6.45) is 6.71. The molecule has 2 rings (SSSR count). The van der Waals surface area contributed by atoms with Gasteiger partial charge in [-0.15, -0.1) is 0 Å². The fourth-order valence-corrected chi connectivity index (χ4v) is 3.40. The fraction of sp³-hybridized carbons (Fsp3) is 0.692. The monoisotopic (exact) mass is 249 g/mol. The molecule has 1 fully saturated rings. The SMILES string of the molecule is Cc1nsc(NC(C)C2CCCCC2)c1C#N. The molecule has 4 heteroatoms. The third-order valence-corrected chi connectivity index (χ3v) is 4.56. The molecular formula is C13H19N3S. The van der Waals surface area contributed by atoms with Gasteiger partial charge in [0.1, 0.15) is 16.6 Å². The van der Waals surface area contributed by atoms with E-state index in [1.165, 1.54) is 43.6 Å². The molecule has 0 spiro atoms. The number of rotatable bonds is 3. The van der Waals surface area contributed by atoms with E-state index in [1.807, 2.05) is 6.92 Å². The first-order chi connectivity index (χ1) is 8.22. The molecule has 1 aromatic rings.